The van der Waals surface area contributed by atoms with Crippen LogP contribution in [-0.4, -0.2) is 4.57 Å². The molecule has 0 radical (unpaired) electrons. The molecule has 0 spiro atoms. The molecule has 1 aromatic carbocycles. The average Bonchev–Trinajstić information content (AvgIpc) is 2.61. The standard InChI is InChI=1S/C10H6FNOS2/c11-7-2-1-3-8-9(7)13-4-6-5-15-10(14)12(6)8/h1-3,5H,4H2. The fourth-order valence-electron chi connectivity index (χ4n) is 1.66. The second-order valence-corrected chi connectivity index (χ2v) is 4.71. The molecule has 0 saturated carbocycles. The summed E-state index contributed by atoms with van der Waals surface area (Å²) in [7, 11) is 0. The molecule has 0 aliphatic carbocycles. The molecule has 0 atom stereocenters. The largest absolute Gasteiger partial charge is 0.482 e. The van der Waals surface area contributed by atoms with E-state index in [1.54, 1.807) is 6.07 Å². The van der Waals surface area contributed by atoms with E-state index in [1.165, 1.54) is 17.4 Å². The van der Waals surface area contributed by atoms with Crippen molar-refractivity contribution in [1.82, 2.24) is 4.57 Å². The second kappa shape index (κ2) is 3.15. The molecule has 0 bridgehead atoms. The van der Waals surface area contributed by atoms with Gasteiger partial charge in [-0.2, -0.15) is 0 Å². The van der Waals surface area contributed by atoms with Crippen molar-refractivity contribution < 1.29 is 9.13 Å². The van der Waals surface area contributed by atoms with Crippen molar-refractivity contribution in [2.75, 3.05) is 0 Å². The van der Waals surface area contributed by atoms with Crippen LogP contribution in [0, 0.1) is 9.77 Å². The Morgan fingerprint density at radius 2 is 2.33 bits per heavy atom. The molecule has 2 aromatic rings. The third-order valence-electron chi connectivity index (χ3n) is 2.32. The Labute approximate surface area is 94.6 Å². The molecule has 0 amide bonds. The zero-order valence-corrected chi connectivity index (χ0v) is 9.20. The normalized spacial score (nSPS) is 12.9. The molecule has 0 saturated heterocycles. The number of benzene rings is 1. The van der Waals surface area contributed by atoms with Crippen molar-refractivity contribution in [3.63, 3.8) is 0 Å². The summed E-state index contributed by atoms with van der Waals surface area (Å²) in [6.07, 6.45) is 0. The van der Waals surface area contributed by atoms with Gasteiger partial charge in [-0.15, -0.1) is 11.3 Å². The predicted molar refractivity (Wildman–Crippen MR) is 58.8 cm³/mol. The van der Waals surface area contributed by atoms with E-state index in [0.717, 1.165) is 9.65 Å². The van der Waals surface area contributed by atoms with Crippen LogP contribution in [0.4, 0.5) is 4.39 Å². The predicted octanol–water partition coefficient (Wildman–Crippen LogP) is 3.30. The highest BCUT2D eigenvalue weighted by Crippen LogP contribution is 2.33. The van der Waals surface area contributed by atoms with Crippen LogP contribution in [0.15, 0.2) is 23.6 Å². The van der Waals surface area contributed by atoms with Crippen molar-refractivity contribution in [2.24, 2.45) is 0 Å². The number of ether oxygens (including phenoxy) is 1. The zero-order chi connectivity index (χ0) is 10.4. The molecular formula is C10H6FNOS2. The summed E-state index contributed by atoms with van der Waals surface area (Å²) in [5.41, 5.74) is 1.67. The summed E-state index contributed by atoms with van der Waals surface area (Å²) in [4.78, 5) is 0. The minimum Gasteiger partial charge on any atom is -0.482 e. The van der Waals surface area contributed by atoms with Crippen LogP contribution in [0.1, 0.15) is 5.69 Å². The van der Waals surface area contributed by atoms with E-state index in [-0.39, 0.29) is 5.82 Å². The maximum Gasteiger partial charge on any atom is 0.179 e. The number of nitrogens with zero attached hydrogens (tertiary/aromatic N) is 1. The number of hydrogen-bond donors (Lipinski definition) is 0. The van der Waals surface area contributed by atoms with Crippen molar-refractivity contribution in [3.8, 4) is 11.4 Å². The Morgan fingerprint density at radius 1 is 1.47 bits per heavy atom. The van der Waals surface area contributed by atoms with E-state index in [9.17, 15) is 4.39 Å². The first kappa shape index (κ1) is 9.06. The Bertz CT molecular complexity index is 587. The first-order valence-corrected chi connectivity index (χ1v) is 5.67. The fraction of sp³-hybridized carbons (Fsp3) is 0.100. The highest BCUT2D eigenvalue weighted by molar-refractivity contribution is 7.73. The van der Waals surface area contributed by atoms with Gasteiger partial charge in [0, 0.05) is 5.38 Å². The van der Waals surface area contributed by atoms with Crippen molar-refractivity contribution in [3.05, 3.63) is 39.0 Å². The lowest BCUT2D eigenvalue weighted by atomic mass is 10.2. The van der Waals surface area contributed by atoms with Crippen LogP contribution in [0.5, 0.6) is 5.75 Å². The number of para-hydroxylation sites is 1. The summed E-state index contributed by atoms with van der Waals surface area (Å²) >= 11 is 6.66. The Morgan fingerprint density at radius 3 is 3.20 bits per heavy atom. The van der Waals surface area contributed by atoms with E-state index in [1.807, 2.05) is 16.0 Å². The third-order valence-corrected chi connectivity index (χ3v) is 3.56. The molecule has 3 rings (SSSR count). The number of thiazole rings is 1. The van der Waals surface area contributed by atoms with Crippen LogP contribution in [0.25, 0.3) is 5.69 Å². The highest BCUT2D eigenvalue weighted by atomic mass is 32.1. The number of rotatable bonds is 0. The molecule has 2 nitrogen and oxygen atoms in total. The number of aromatic nitrogens is 1. The minimum absolute atomic E-state index is 0.291. The van der Waals surface area contributed by atoms with Gasteiger partial charge in [0.2, 0.25) is 0 Å². The SMILES string of the molecule is Fc1cccc2c1OCc1csc(=S)n1-2. The highest BCUT2D eigenvalue weighted by Gasteiger charge is 2.20. The second-order valence-electron chi connectivity index (χ2n) is 3.21. The quantitative estimate of drug-likeness (QED) is 0.655. The molecular weight excluding hydrogens is 233 g/mol. The first-order chi connectivity index (χ1) is 7.27. The molecule has 1 aliphatic rings. The van der Waals surface area contributed by atoms with Crippen LogP contribution >= 0.6 is 23.6 Å². The fourth-order valence-corrected chi connectivity index (χ4v) is 2.75. The van der Waals surface area contributed by atoms with Gasteiger partial charge in [-0.1, -0.05) is 6.07 Å². The summed E-state index contributed by atoms with van der Waals surface area (Å²) in [5, 5.41) is 1.94. The van der Waals surface area contributed by atoms with Gasteiger partial charge in [0.05, 0.1) is 11.4 Å². The minimum atomic E-state index is -0.341. The summed E-state index contributed by atoms with van der Waals surface area (Å²) in [5.74, 6) is -0.0502. The smallest absolute Gasteiger partial charge is 0.179 e. The lowest BCUT2D eigenvalue weighted by molar-refractivity contribution is 0.270. The van der Waals surface area contributed by atoms with E-state index >= 15 is 0 Å². The van der Waals surface area contributed by atoms with Gasteiger partial charge in [0.15, 0.2) is 15.5 Å². The van der Waals surface area contributed by atoms with Gasteiger partial charge < -0.3 is 4.74 Å². The molecule has 0 fully saturated rings. The van der Waals surface area contributed by atoms with Crippen LogP contribution < -0.4 is 4.74 Å². The van der Waals surface area contributed by atoms with Crippen LogP contribution in [0.2, 0.25) is 0 Å². The van der Waals surface area contributed by atoms with E-state index in [2.05, 4.69) is 0 Å². The summed E-state index contributed by atoms with van der Waals surface area (Å²) < 4.78 is 21.4. The molecule has 15 heavy (non-hydrogen) atoms. The van der Waals surface area contributed by atoms with Crippen LogP contribution in [0.3, 0.4) is 0 Å². The zero-order valence-electron chi connectivity index (χ0n) is 7.57. The average molecular weight is 239 g/mol. The topological polar surface area (TPSA) is 14.2 Å². The summed E-state index contributed by atoms with van der Waals surface area (Å²) in [6.45, 7) is 0.376. The van der Waals surface area contributed by atoms with E-state index in [4.69, 9.17) is 17.0 Å². The molecule has 0 unspecified atom stereocenters. The number of halogens is 1. The lowest BCUT2D eigenvalue weighted by Crippen LogP contribution is -2.13. The maximum absolute atomic E-state index is 13.4. The molecule has 1 aromatic heterocycles. The van der Waals surface area contributed by atoms with Gasteiger partial charge in [-0.05, 0) is 24.4 Å². The Balaban J connectivity index is 2.38. The molecule has 5 heteroatoms. The number of fused-ring (bicyclic) bond motifs is 3. The van der Waals surface area contributed by atoms with Gasteiger partial charge in [-0.25, -0.2) is 4.39 Å². The molecule has 76 valence electrons. The first-order valence-electron chi connectivity index (χ1n) is 4.38. The molecule has 0 N–H and O–H groups in total. The van der Waals surface area contributed by atoms with Crippen LogP contribution in [-0.2, 0) is 6.61 Å². The third kappa shape index (κ3) is 1.23. The van der Waals surface area contributed by atoms with Crippen molar-refractivity contribution >= 4 is 23.6 Å². The van der Waals surface area contributed by atoms with Gasteiger partial charge in [0.25, 0.3) is 0 Å². The Kier molecular flexibility index (Phi) is 1.90. The van der Waals surface area contributed by atoms with Crippen molar-refractivity contribution in [1.29, 1.82) is 0 Å². The van der Waals surface area contributed by atoms with Gasteiger partial charge >= 0.3 is 0 Å². The van der Waals surface area contributed by atoms with Crippen molar-refractivity contribution in [2.45, 2.75) is 6.61 Å². The maximum atomic E-state index is 13.4. The Hall–Kier alpha value is -1.20. The van der Waals surface area contributed by atoms with E-state index < -0.39 is 0 Å². The monoisotopic (exact) mass is 239 g/mol. The lowest BCUT2D eigenvalue weighted by Gasteiger charge is -2.20. The van der Waals surface area contributed by atoms with Gasteiger partial charge in [0.1, 0.15) is 6.61 Å². The van der Waals surface area contributed by atoms with E-state index in [0.29, 0.717) is 18.0 Å². The molecule has 2 heterocycles. The summed E-state index contributed by atoms with van der Waals surface area (Å²) in [6, 6.07) is 4.86. The van der Waals surface area contributed by atoms with Gasteiger partial charge in [-0.3, -0.25) is 4.57 Å². The molecule has 1 aliphatic heterocycles. The number of hydrogen-bond acceptors (Lipinski definition) is 3.